The monoisotopic (exact) mass is 665 g/mol. The summed E-state index contributed by atoms with van der Waals surface area (Å²) in [4.78, 5) is 58.2. The minimum Gasteiger partial charge on any atom is -0.449 e. The van der Waals surface area contributed by atoms with E-state index in [4.69, 9.17) is 4.74 Å². The second kappa shape index (κ2) is 15.4. The molecule has 4 amide bonds. The van der Waals surface area contributed by atoms with Crippen LogP contribution in [-0.4, -0.2) is 59.4 Å². The number of nitrogens with zero attached hydrogens (tertiary/aromatic N) is 1. The van der Waals surface area contributed by atoms with Crippen LogP contribution in [0.2, 0.25) is 0 Å². The Morgan fingerprint density at radius 1 is 0.875 bits per heavy atom. The summed E-state index contributed by atoms with van der Waals surface area (Å²) >= 11 is 1.62. The number of hydrogen-bond acceptors (Lipinski definition) is 6. The summed E-state index contributed by atoms with van der Waals surface area (Å²) in [6.07, 6.45) is 1.28. The number of aromatic amines is 1. The maximum absolute atomic E-state index is 14.3. The number of rotatable bonds is 11. The van der Waals surface area contributed by atoms with Crippen LogP contribution in [0, 0.1) is 13.8 Å². The first-order valence-corrected chi connectivity index (χ1v) is 16.6. The van der Waals surface area contributed by atoms with Gasteiger partial charge in [0.05, 0.1) is 6.61 Å². The van der Waals surface area contributed by atoms with Crippen molar-refractivity contribution >= 4 is 46.1 Å². The van der Waals surface area contributed by atoms with E-state index in [9.17, 15) is 19.2 Å². The van der Waals surface area contributed by atoms with Crippen molar-refractivity contribution in [3.05, 3.63) is 118 Å². The number of carbonyl (C=O) groups excluding carboxylic acids is 4. The summed E-state index contributed by atoms with van der Waals surface area (Å²) in [5.74, 6) is -1.49. The molecule has 4 N–H and O–H groups in total. The Labute approximate surface area is 283 Å². The van der Waals surface area contributed by atoms with Crippen molar-refractivity contribution < 1.29 is 23.9 Å². The zero-order chi connectivity index (χ0) is 34.2. The van der Waals surface area contributed by atoms with Gasteiger partial charge in [-0.2, -0.15) is 11.3 Å². The lowest BCUT2D eigenvalue weighted by Crippen LogP contribution is -2.57. The normalized spacial score (nSPS) is 12.2. The molecule has 248 valence electrons. The number of aryl methyl sites for hydroxylation is 2. The lowest BCUT2D eigenvalue weighted by Gasteiger charge is -2.29. The van der Waals surface area contributed by atoms with Gasteiger partial charge in [0.25, 0.3) is 11.8 Å². The Morgan fingerprint density at radius 2 is 1.60 bits per heavy atom. The number of amides is 4. The Morgan fingerprint density at radius 3 is 2.29 bits per heavy atom. The molecule has 2 heterocycles. The number of thiophene rings is 1. The first-order valence-electron chi connectivity index (χ1n) is 15.7. The van der Waals surface area contributed by atoms with Gasteiger partial charge in [-0.3, -0.25) is 19.8 Å². The summed E-state index contributed by atoms with van der Waals surface area (Å²) in [7, 11) is 1.60. The van der Waals surface area contributed by atoms with Crippen LogP contribution in [-0.2, 0) is 27.2 Å². The summed E-state index contributed by atoms with van der Waals surface area (Å²) in [6.45, 7) is 5.60. The minimum atomic E-state index is -1.10. The first kappa shape index (κ1) is 33.9. The van der Waals surface area contributed by atoms with E-state index in [0.717, 1.165) is 44.3 Å². The molecule has 0 saturated heterocycles. The van der Waals surface area contributed by atoms with E-state index in [1.54, 1.807) is 43.6 Å². The summed E-state index contributed by atoms with van der Waals surface area (Å²) in [6, 6.07) is 21.1. The average molecular weight is 666 g/mol. The van der Waals surface area contributed by atoms with Crippen LogP contribution >= 0.6 is 11.3 Å². The highest BCUT2D eigenvalue weighted by Crippen LogP contribution is 2.24. The van der Waals surface area contributed by atoms with Crippen LogP contribution in [0.1, 0.15) is 39.5 Å². The smallest absolute Gasteiger partial charge is 0.426 e. The summed E-state index contributed by atoms with van der Waals surface area (Å²) < 4.78 is 4.87. The number of hydrogen-bond donors (Lipinski definition) is 4. The molecule has 0 aliphatic rings. The van der Waals surface area contributed by atoms with Gasteiger partial charge in [-0.25, -0.2) is 10.2 Å². The SMILES string of the molecule is CCOC(=O)NNC(=O)[C@H](Cc1c[nH]c2ccccc12)NC(=O)[C@@H](Cc1ccc(-c2ccsc2)cc1)N(C)C(=O)c1cc(C)cc(C)c1. The number of para-hydroxylation sites is 1. The van der Waals surface area contributed by atoms with Gasteiger partial charge in [-0.05, 0) is 78.1 Å². The van der Waals surface area contributed by atoms with Crippen molar-refractivity contribution in [2.45, 2.75) is 45.7 Å². The lowest BCUT2D eigenvalue weighted by atomic mass is 9.99. The van der Waals surface area contributed by atoms with Crippen LogP contribution in [0.3, 0.4) is 0 Å². The number of benzene rings is 3. The van der Waals surface area contributed by atoms with Gasteiger partial charge >= 0.3 is 6.09 Å². The number of fused-ring (bicyclic) bond motifs is 1. The van der Waals surface area contributed by atoms with Gasteiger partial charge < -0.3 is 19.9 Å². The Kier molecular flexibility index (Phi) is 10.9. The van der Waals surface area contributed by atoms with Crippen LogP contribution in [0.5, 0.6) is 0 Å². The van der Waals surface area contributed by atoms with Gasteiger partial charge in [0.1, 0.15) is 12.1 Å². The molecule has 11 heteroatoms. The number of ether oxygens (including phenoxy) is 1. The summed E-state index contributed by atoms with van der Waals surface area (Å²) in [5, 5.41) is 7.87. The quantitative estimate of drug-likeness (QED) is 0.134. The van der Waals surface area contributed by atoms with Gasteiger partial charge in [-0.1, -0.05) is 59.7 Å². The van der Waals surface area contributed by atoms with E-state index in [2.05, 4.69) is 26.5 Å². The van der Waals surface area contributed by atoms with Crippen molar-refractivity contribution in [2.24, 2.45) is 0 Å². The molecule has 48 heavy (non-hydrogen) atoms. The molecule has 0 aliphatic heterocycles. The van der Waals surface area contributed by atoms with E-state index in [-0.39, 0.29) is 25.4 Å². The molecule has 0 radical (unpaired) electrons. The van der Waals surface area contributed by atoms with Crippen LogP contribution in [0.4, 0.5) is 4.79 Å². The molecule has 3 aromatic carbocycles. The lowest BCUT2D eigenvalue weighted by molar-refractivity contribution is -0.131. The second-order valence-corrected chi connectivity index (χ2v) is 12.5. The van der Waals surface area contributed by atoms with E-state index in [0.29, 0.717) is 5.56 Å². The third-order valence-corrected chi connectivity index (χ3v) is 8.78. The third-order valence-electron chi connectivity index (χ3n) is 8.09. The molecule has 0 fully saturated rings. The third kappa shape index (κ3) is 8.29. The molecule has 0 saturated carbocycles. The predicted octanol–water partition coefficient (Wildman–Crippen LogP) is 5.70. The maximum Gasteiger partial charge on any atom is 0.426 e. The number of carbonyl (C=O) groups is 4. The highest BCUT2D eigenvalue weighted by atomic mass is 32.1. The Bertz CT molecular complexity index is 1880. The van der Waals surface area contributed by atoms with Crippen LogP contribution < -0.4 is 16.2 Å². The van der Waals surface area contributed by atoms with Gasteiger partial charge in [0.15, 0.2) is 0 Å². The molecule has 2 aromatic heterocycles. The van der Waals surface area contributed by atoms with Gasteiger partial charge in [-0.15, -0.1) is 0 Å². The zero-order valence-corrected chi connectivity index (χ0v) is 28.1. The number of H-pyrrole nitrogens is 1. The standard InChI is InChI=1S/C37H39N5O5S/c1-5-47-37(46)41-40-34(43)32(20-29-21-38-31-9-7-6-8-30(29)31)39-35(44)33(42(4)36(45)28-17-23(2)16-24(3)18-28)19-25-10-12-26(13-11-25)27-14-15-48-22-27/h6-18,21-22,32-33,38H,5,19-20H2,1-4H3,(H,39,44)(H,40,43)(H,41,46)/t32-,33+/m0/s1. The van der Waals surface area contributed by atoms with Crippen molar-refractivity contribution in [3.63, 3.8) is 0 Å². The number of aromatic nitrogens is 1. The zero-order valence-electron chi connectivity index (χ0n) is 27.3. The largest absolute Gasteiger partial charge is 0.449 e. The summed E-state index contributed by atoms with van der Waals surface area (Å²) in [5.41, 5.74) is 11.6. The fraction of sp³-hybridized carbons (Fsp3) is 0.243. The molecule has 5 rings (SSSR count). The molecule has 0 unspecified atom stereocenters. The fourth-order valence-electron chi connectivity index (χ4n) is 5.70. The molecule has 10 nitrogen and oxygen atoms in total. The Hall–Kier alpha value is -5.42. The van der Waals surface area contributed by atoms with E-state index in [1.165, 1.54) is 4.90 Å². The second-order valence-electron chi connectivity index (χ2n) is 11.7. The topological polar surface area (TPSA) is 133 Å². The molecule has 5 aromatic rings. The molecule has 2 atom stereocenters. The van der Waals surface area contributed by atoms with Crippen LogP contribution in [0.15, 0.2) is 89.8 Å². The first-order chi connectivity index (χ1) is 23.1. The molecule has 0 bridgehead atoms. The van der Waals surface area contributed by atoms with Crippen molar-refractivity contribution in [1.29, 1.82) is 0 Å². The van der Waals surface area contributed by atoms with E-state index >= 15 is 0 Å². The van der Waals surface area contributed by atoms with Gasteiger partial charge in [0.2, 0.25) is 5.91 Å². The van der Waals surface area contributed by atoms with E-state index < -0.39 is 30.0 Å². The molecular weight excluding hydrogens is 627 g/mol. The van der Waals surface area contributed by atoms with Crippen molar-refractivity contribution in [3.8, 4) is 11.1 Å². The molecule has 0 aliphatic carbocycles. The average Bonchev–Trinajstić information content (AvgIpc) is 3.76. The Balaban J connectivity index is 1.44. The van der Waals surface area contributed by atoms with Crippen LogP contribution in [0.25, 0.3) is 22.0 Å². The number of nitrogens with one attached hydrogen (secondary N) is 4. The maximum atomic E-state index is 14.3. The molecular formula is C37H39N5O5S. The molecule has 0 spiro atoms. The highest BCUT2D eigenvalue weighted by molar-refractivity contribution is 7.08. The fourth-order valence-corrected chi connectivity index (χ4v) is 6.36. The van der Waals surface area contributed by atoms with E-state index in [1.807, 2.05) is 79.9 Å². The minimum absolute atomic E-state index is 0.114. The number of likely N-dealkylation sites (N-methyl/N-ethyl adjacent to an activating group) is 1. The van der Waals surface area contributed by atoms with Gasteiger partial charge in [0, 0.05) is 42.6 Å². The number of hydrazine groups is 1. The highest BCUT2D eigenvalue weighted by Gasteiger charge is 2.32. The predicted molar refractivity (Wildman–Crippen MR) is 187 cm³/mol. The van der Waals surface area contributed by atoms with Crippen molar-refractivity contribution in [2.75, 3.05) is 13.7 Å². The van der Waals surface area contributed by atoms with Crippen molar-refractivity contribution in [1.82, 2.24) is 26.1 Å².